The van der Waals surface area contributed by atoms with Gasteiger partial charge in [0.25, 0.3) is 0 Å². The number of nitrogens with one attached hydrogen (secondary N) is 2. The average Bonchev–Trinajstić information content (AvgIpc) is 2.88. The molecule has 0 radical (unpaired) electrons. The molecule has 0 aromatic carbocycles. The highest BCUT2D eigenvalue weighted by Gasteiger charge is 2.39. The minimum Gasteiger partial charge on any atom is -0.350 e. The predicted octanol–water partition coefficient (Wildman–Crippen LogP) is 1.18. The zero-order chi connectivity index (χ0) is 13.7. The summed E-state index contributed by atoms with van der Waals surface area (Å²) in [6.45, 7) is 6.19. The molecular weight excluding hydrogens is 240 g/mol. The molecule has 1 saturated heterocycles. The number of carbonyl (C=O) groups excluding carboxylic acids is 1. The first-order valence-electron chi connectivity index (χ1n) is 6.93. The van der Waals surface area contributed by atoms with Crippen molar-refractivity contribution in [2.45, 2.75) is 39.7 Å². The Morgan fingerprint density at radius 2 is 2.32 bits per heavy atom. The third kappa shape index (κ3) is 3.29. The van der Waals surface area contributed by atoms with Gasteiger partial charge in [-0.05, 0) is 26.3 Å². The van der Waals surface area contributed by atoms with E-state index >= 15 is 0 Å². The van der Waals surface area contributed by atoms with E-state index in [1.54, 1.807) is 12.4 Å². The Morgan fingerprint density at radius 1 is 1.47 bits per heavy atom. The van der Waals surface area contributed by atoms with E-state index in [2.05, 4.69) is 27.5 Å². The summed E-state index contributed by atoms with van der Waals surface area (Å²) in [5.74, 6) is 0.140. The van der Waals surface area contributed by atoms with Crippen molar-refractivity contribution in [3.63, 3.8) is 0 Å². The number of hydrogen-bond acceptors (Lipinski definition) is 4. The molecule has 1 aromatic rings. The molecule has 1 aliphatic rings. The van der Waals surface area contributed by atoms with Gasteiger partial charge in [-0.25, -0.2) is 0 Å². The van der Waals surface area contributed by atoms with Crippen LogP contribution in [-0.4, -0.2) is 29.0 Å². The van der Waals surface area contributed by atoms with Crippen molar-refractivity contribution >= 4 is 5.91 Å². The monoisotopic (exact) mass is 262 g/mol. The second-order valence-electron chi connectivity index (χ2n) is 5.29. The van der Waals surface area contributed by atoms with Gasteiger partial charge in [0, 0.05) is 12.7 Å². The summed E-state index contributed by atoms with van der Waals surface area (Å²) >= 11 is 0. The summed E-state index contributed by atoms with van der Waals surface area (Å²) in [5, 5.41) is 6.30. The Bertz CT molecular complexity index is 424. The van der Waals surface area contributed by atoms with Gasteiger partial charge in [0.1, 0.15) is 0 Å². The SMILES string of the molecule is CCCC1(C(=O)NCc2cnc(C)cn2)CCNC1. The second kappa shape index (κ2) is 6.10. The van der Waals surface area contributed by atoms with E-state index in [4.69, 9.17) is 0 Å². The predicted molar refractivity (Wildman–Crippen MR) is 73.4 cm³/mol. The molecule has 1 aliphatic heterocycles. The Balaban J connectivity index is 1.94. The van der Waals surface area contributed by atoms with Crippen LogP contribution in [0.2, 0.25) is 0 Å². The van der Waals surface area contributed by atoms with Crippen molar-refractivity contribution in [2.75, 3.05) is 13.1 Å². The highest BCUT2D eigenvalue weighted by atomic mass is 16.2. The smallest absolute Gasteiger partial charge is 0.227 e. The van der Waals surface area contributed by atoms with Gasteiger partial charge >= 0.3 is 0 Å². The van der Waals surface area contributed by atoms with E-state index in [1.165, 1.54) is 0 Å². The van der Waals surface area contributed by atoms with Crippen LogP contribution in [-0.2, 0) is 11.3 Å². The molecule has 0 saturated carbocycles. The standard InChI is InChI=1S/C14H22N4O/c1-3-4-14(5-6-15-10-14)13(19)18-9-12-8-16-11(2)7-17-12/h7-8,15H,3-6,9-10H2,1-2H3,(H,18,19). The summed E-state index contributed by atoms with van der Waals surface area (Å²) in [4.78, 5) is 20.8. The summed E-state index contributed by atoms with van der Waals surface area (Å²) in [7, 11) is 0. The summed E-state index contributed by atoms with van der Waals surface area (Å²) < 4.78 is 0. The lowest BCUT2D eigenvalue weighted by molar-refractivity contribution is -0.130. The Kier molecular flexibility index (Phi) is 4.47. The number of hydrogen-bond donors (Lipinski definition) is 2. The lowest BCUT2D eigenvalue weighted by Gasteiger charge is -2.26. The molecule has 1 unspecified atom stereocenters. The normalized spacial score (nSPS) is 22.4. The number of rotatable bonds is 5. The molecule has 1 amide bonds. The third-order valence-electron chi connectivity index (χ3n) is 3.72. The molecule has 1 aromatic heterocycles. The van der Waals surface area contributed by atoms with E-state index in [0.717, 1.165) is 43.7 Å². The molecule has 2 N–H and O–H groups in total. The fraction of sp³-hybridized carbons (Fsp3) is 0.643. The van der Waals surface area contributed by atoms with Crippen molar-refractivity contribution in [1.82, 2.24) is 20.6 Å². The number of carbonyl (C=O) groups is 1. The Labute approximate surface area is 114 Å². The first-order valence-corrected chi connectivity index (χ1v) is 6.93. The van der Waals surface area contributed by atoms with Gasteiger partial charge in [-0.3, -0.25) is 14.8 Å². The van der Waals surface area contributed by atoms with Crippen LogP contribution in [0, 0.1) is 12.3 Å². The highest BCUT2D eigenvalue weighted by Crippen LogP contribution is 2.31. The van der Waals surface area contributed by atoms with E-state index in [9.17, 15) is 4.79 Å². The maximum absolute atomic E-state index is 12.4. The summed E-state index contributed by atoms with van der Waals surface area (Å²) in [5.41, 5.74) is 1.46. The van der Waals surface area contributed by atoms with Crippen molar-refractivity contribution < 1.29 is 4.79 Å². The first-order chi connectivity index (χ1) is 9.16. The van der Waals surface area contributed by atoms with Crippen molar-refractivity contribution in [3.05, 3.63) is 23.8 Å². The topological polar surface area (TPSA) is 66.9 Å². The largest absolute Gasteiger partial charge is 0.350 e. The molecule has 2 rings (SSSR count). The van der Waals surface area contributed by atoms with Gasteiger partial charge < -0.3 is 10.6 Å². The van der Waals surface area contributed by atoms with Crippen LogP contribution in [0.25, 0.3) is 0 Å². The number of amides is 1. The molecule has 104 valence electrons. The van der Waals surface area contributed by atoms with Crippen LogP contribution < -0.4 is 10.6 Å². The third-order valence-corrected chi connectivity index (χ3v) is 3.72. The Morgan fingerprint density at radius 3 is 2.89 bits per heavy atom. The minimum absolute atomic E-state index is 0.140. The summed E-state index contributed by atoms with van der Waals surface area (Å²) in [6, 6.07) is 0. The minimum atomic E-state index is -0.229. The van der Waals surface area contributed by atoms with E-state index in [1.807, 2.05) is 6.92 Å². The zero-order valence-corrected chi connectivity index (χ0v) is 11.7. The molecule has 0 aliphatic carbocycles. The average molecular weight is 262 g/mol. The van der Waals surface area contributed by atoms with Crippen LogP contribution in [0.1, 0.15) is 37.6 Å². The van der Waals surface area contributed by atoms with Gasteiger partial charge in [0.05, 0.1) is 29.5 Å². The molecule has 1 atom stereocenters. The van der Waals surface area contributed by atoms with Gasteiger partial charge in [0.2, 0.25) is 5.91 Å². The number of aromatic nitrogens is 2. The number of aryl methyl sites for hydroxylation is 1. The van der Waals surface area contributed by atoms with Gasteiger partial charge in [-0.15, -0.1) is 0 Å². The van der Waals surface area contributed by atoms with Gasteiger partial charge in [0.15, 0.2) is 0 Å². The molecule has 0 bridgehead atoms. The molecule has 5 nitrogen and oxygen atoms in total. The highest BCUT2D eigenvalue weighted by molar-refractivity contribution is 5.83. The first kappa shape index (κ1) is 13.9. The van der Waals surface area contributed by atoms with Crippen LogP contribution >= 0.6 is 0 Å². The zero-order valence-electron chi connectivity index (χ0n) is 11.7. The van der Waals surface area contributed by atoms with Crippen molar-refractivity contribution in [3.8, 4) is 0 Å². The molecule has 0 spiro atoms. The maximum Gasteiger partial charge on any atom is 0.227 e. The second-order valence-corrected chi connectivity index (χ2v) is 5.29. The summed E-state index contributed by atoms with van der Waals surface area (Å²) in [6.07, 6.45) is 6.33. The van der Waals surface area contributed by atoms with E-state index in [-0.39, 0.29) is 11.3 Å². The molecule has 2 heterocycles. The van der Waals surface area contributed by atoms with Gasteiger partial charge in [-0.2, -0.15) is 0 Å². The molecular formula is C14H22N4O. The molecule has 5 heteroatoms. The molecule has 19 heavy (non-hydrogen) atoms. The fourth-order valence-corrected chi connectivity index (χ4v) is 2.61. The maximum atomic E-state index is 12.4. The van der Waals surface area contributed by atoms with E-state index in [0.29, 0.717) is 6.54 Å². The fourth-order valence-electron chi connectivity index (χ4n) is 2.61. The molecule has 1 fully saturated rings. The van der Waals surface area contributed by atoms with Crippen LogP contribution in [0.15, 0.2) is 12.4 Å². The lowest BCUT2D eigenvalue weighted by atomic mass is 9.81. The quantitative estimate of drug-likeness (QED) is 0.836. The van der Waals surface area contributed by atoms with Crippen LogP contribution in [0.5, 0.6) is 0 Å². The number of nitrogens with zero attached hydrogens (tertiary/aromatic N) is 2. The van der Waals surface area contributed by atoms with E-state index < -0.39 is 0 Å². The van der Waals surface area contributed by atoms with Crippen LogP contribution in [0.3, 0.4) is 0 Å². The van der Waals surface area contributed by atoms with Crippen molar-refractivity contribution in [2.24, 2.45) is 5.41 Å². The van der Waals surface area contributed by atoms with Crippen molar-refractivity contribution in [1.29, 1.82) is 0 Å². The lowest BCUT2D eigenvalue weighted by Crippen LogP contribution is -2.42. The van der Waals surface area contributed by atoms with Crippen LogP contribution in [0.4, 0.5) is 0 Å². The van der Waals surface area contributed by atoms with Gasteiger partial charge in [-0.1, -0.05) is 13.3 Å². The Hall–Kier alpha value is -1.49.